The van der Waals surface area contributed by atoms with Crippen molar-refractivity contribution < 1.29 is 4.79 Å². The van der Waals surface area contributed by atoms with Gasteiger partial charge in [-0.1, -0.05) is 35.0 Å². The first-order valence-corrected chi connectivity index (χ1v) is 8.05. The lowest BCUT2D eigenvalue weighted by Crippen LogP contribution is -2.04. The van der Waals surface area contributed by atoms with Gasteiger partial charge >= 0.3 is 0 Å². The van der Waals surface area contributed by atoms with Crippen LogP contribution in [-0.2, 0) is 0 Å². The lowest BCUT2D eigenvalue weighted by molar-refractivity contribution is 0.102. The molecular formula is C15H14Cl2N2OS. The Morgan fingerprint density at radius 2 is 1.71 bits per heavy atom. The molecule has 1 heterocycles. The summed E-state index contributed by atoms with van der Waals surface area (Å²) in [7, 11) is 0. The van der Waals surface area contributed by atoms with Crippen molar-refractivity contribution in [2.75, 3.05) is 5.75 Å². The van der Waals surface area contributed by atoms with E-state index in [2.05, 4.69) is 9.97 Å². The number of hydrogen-bond acceptors (Lipinski definition) is 4. The van der Waals surface area contributed by atoms with Crippen molar-refractivity contribution >= 4 is 40.7 Å². The van der Waals surface area contributed by atoms with Crippen LogP contribution in [0.15, 0.2) is 23.4 Å². The largest absolute Gasteiger partial charge is 0.293 e. The summed E-state index contributed by atoms with van der Waals surface area (Å²) in [6.45, 7) is 5.86. The molecule has 0 fully saturated rings. The highest BCUT2D eigenvalue weighted by Crippen LogP contribution is 2.24. The van der Waals surface area contributed by atoms with Crippen LogP contribution < -0.4 is 0 Å². The number of ketones is 1. The van der Waals surface area contributed by atoms with Crippen LogP contribution >= 0.6 is 35.0 Å². The molecule has 0 N–H and O–H groups in total. The van der Waals surface area contributed by atoms with Gasteiger partial charge in [0.05, 0.1) is 15.8 Å². The standard InChI is InChI=1S/C15H14Cl2N2OS/c1-8-9(2)18-15(19-10(8)3)21-7-14(20)11-4-5-12(16)13(17)6-11/h4-6H,7H2,1-3H3. The van der Waals surface area contributed by atoms with Crippen LogP contribution in [0.4, 0.5) is 0 Å². The average molecular weight is 341 g/mol. The monoisotopic (exact) mass is 340 g/mol. The van der Waals surface area contributed by atoms with E-state index in [0.717, 1.165) is 17.0 Å². The highest BCUT2D eigenvalue weighted by molar-refractivity contribution is 7.99. The normalized spacial score (nSPS) is 10.7. The first-order valence-electron chi connectivity index (χ1n) is 6.31. The Morgan fingerprint density at radius 1 is 1.10 bits per heavy atom. The molecule has 0 unspecified atom stereocenters. The fraction of sp³-hybridized carbons (Fsp3) is 0.267. The maximum atomic E-state index is 12.1. The van der Waals surface area contributed by atoms with Gasteiger partial charge in [0, 0.05) is 17.0 Å². The maximum absolute atomic E-state index is 12.1. The molecular weight excluding hydrogens is 327 g/mol. The van der Waals surface area contributed by atoms with Gasteiger partial charge in [0.15, 0.2) is 10.9 Å². The summed E-state index contributed by atoms with van der Waals surface area (Å²) in [5.41, 5.74) is 3.49. The summed E-state index contributed by atoms with van der Waals surface area (Å²) >= 11 is 13.1. The van der Waals surface area contributed by atoms with Gasteiger partial charge in [0.25, 0.3) is 0 Å². The predicted molar refractivity (Wildman–Crippen MR) is 87.8 cm³/mol. The molecule has 0 amide bonds. The first kappa shape index (κ1) is 16.3. The minimum Gasteiger partial charge on any atom is -0.293 e. The second-order valence-electron chi connectivity index (χ2n) is 4.64. The number of Topliss-reactive ketones (excluding diaryl/α,β-unsaturated/α-hetero) is 1. The number of aromatic nitrogens is 2. The van der Waals surface area contributed by atoms with Crippen molar-refractivity contribution in [3.63, 3.8) is 0 Å². The Kier molecular flexibility index (Phi) is 5.25. The molecule has 0 saturated carbocycles. The van der Waals surface area contributed by atoms with E-state index in [-0.39, 0.29) is 11.5 Å². The summed E-state index contributed by atoms with van der Waals surface area (Å²) < 4.78 is 0. The lowest BCUT2D eigenvalue weighted by Gasteiger charge is -2.06. The number of halogens is 2. The van der Waals surface area contributed by atoms with Gasteiger partial charge in [-0.15, -0.1) is 0 Å². The zero-order valence-electron chi connectivity index (χ0n) is 11.9. The summed E-state index contributed by atoms with van der Waals surface area (Å²) in [5, 5.41) is 1.43. The number of hydrogen-bond donors (Lipinski definition) is 0. The van der Waals surface area contributed by atoms with E-state index in [1.54, 1.807) is 18.2 Å². The minimum atomic E-state index is -0.0296. The van der Waals surface area contributed by atoms with Crippen molar-refractivity contribution in [2.24, 2.45) is 0 Å². The summed E-state index contributed by atoms with van der Waals surface area (Å²) in [6.07, 6.45) is 0. The lowest BCUT2D eigenvalue weighted by atomic mass is 10.1. The fourth-order valence-corrected chi connectivity index (χ4v) is 2.82. The maximum Gasteiger partial charge on any atom is 0.188 e. The SMILES string of the molecule is Cc1nc(SCC(=O)c2ccc(Cl)c(Cl)c2)nc(C)c1C. The van der Waals surface area contributed by atoms with Gasteiger partial charge in [-0.25, -0.2) is 9.97 Å². The second kappa shape index (κ2) is 6.77. The van der Waals surface area contributed by atoms with Crippen molar-refractivity contribution in [1.82, 2.24) is 9.97 Å². The number of carbonyl (C=O) groups excluding carboxylic acids is 1. The molecule has 0 saturated heterocycles. The molecule has 6 heteroatoms. The van der Waals surface area contributed by atoms with Gasteiger partial charge in [-0.2, -0.15) is 0 Å². The Balaban J connectivity index is 2.09. The zero-order valence-corrected chi connectivity index (χ0v) is 14.2. The molecule has 0 bridgehead atoms. The number of rotatable bonds is 4. The molecule has 2 aromatic rings. The molecule has 2 rings (SSSR count). The van der Waals surface area contributed by atoms with Crippen LogP contribution in [-0.4, -0.2) is 21.5 Å². The van der Waals surface area contributed by atoms with E-state index in [9.17, 15) is 4.79 Å². The van der Waals surface area contributed by atoms with Gasteiger partial charge in [0.1, 0.15) is 0 Å². The molecule has 1 aromatic carbocycles. The van der Waals surface area contributed by atoms with Crippen molar-refractivity contribution in [2.45, 2.75) is 25.9 Å². The summed E-state index contributed by atoms with van der Waals surface area (Å²) in [6, 6.07) is 4.88. The second-order valence-corrected chi connectivity index (χ2v) is 6.40. The van der Waals surface area contributed by atoms with Gasteiger partial charge in [-0.3, -0.25) is 4.79 Å². The number of nitrogens with zero attached hydrogens (tertiary/aromatic N) is 2. The van der Waals surface area contributed by atoms with Gasteiger partial charge in [-0.05, 0) is 44.5 Å². The topological polar surface area (TPSA) is 42.9 Å². The van der Waals surface area contributed by atoms with Crippen LogP contribution in [0, 0.1) is 20.8 Å². The number of carbonyl (C=O) groups is 1. The molecule has 0 aliphatic rings. The molecule has 0 aliphatic heterocycles. The number of benzene rings is 1. The molecule has 0 atom stereocenters. The third-order valence-corrected chi connectivity index (χ3v) is 4.77. The van der Waals surface area contributed by atoms with Crippen molar-refractivity contribution in [3.8, 4) is 0 Å². The number of aryl methyl sites for hydroxylation is 2. The third kappa shape index (κ3) is 3.96. The average Bonchev–Trinajstić information content (AvgIpc) is 2.44. The zero-order chi connectivity index (χ0) is 15.6. The van der Waals surface area contributed by atoms with Crippen LogP contribution in [0.25, 0.3) is 0 Å². The third-order valence-electron chi connectivity index (χ3n) is 3.19. The molecule has 0 radical (unpaired) electrons. The van der Waals surface area contributed by atoms with Crippen LogP contribution in [0.5, 0.6) is 0 Å². The molecule has 21 heavy (non-hydrogen) atoms. The van der Waals surface area contributed by atoms with Crippen LogP contribution in [0.1, 0.15) is 27.3 Å². The molecule has 1 aromatic heterocycles. The fourth-order valence-electron chi connectivity index (χ4n) is 1.69. The van der Waals surface area contributed by atoms with E-state index < -0.39 is 0 Å². The van der Waals surface area contributed by atoms with Crippen LogP contribution in [0.3, 0.4) is 0 Å². The highest BCUT2D eigenvalue weighted by Gasteiger charge is 2.11. The Morgan fingerprint density at radius 3 is 2.29 bits per heavy atom. The Bertz CT molecular complexity index is 681. The Labute approximate surface area is 138 Å². The molecule has 0 spiro atoms. The van der Waals surface area contributed by atoms with E-state index in [0.29, 0.717) is 20.8 Å². The van der Waals surface area contributed by atoms with E-state index in [1.165, 1.54) is 11.8 Å². The summed E-state index contributed by atoms with van der Waals surface area (Å²) in [4.78, 5) is 20.9. The highest BCUT2D eigenvalue weighted by atomic mass is 35.5. The van der Waals surface area contributed by atoms with E-state index in [4.69, 9.17) is 23.2 Å². The van der Waals surface area contributed by atoms with E-state index in [1.807, 2.05) is 20.8 Å². The van der Waals surface area contributed by atoms with Gasteiger partial charge in [0.2, 0.25) is 0 Å². The molecule has 110 valence electrons. The molecule has 3 nitrogen and oxygen atoms in total. The number of thioether (sulfide) groups is 1. The Hall–Kier alpha value is -1.10. The van der Waals surface area contributed by atoms with E-state index >= 15 is 0 Å². The van der Waals surface area contributed by atoms with Crippen LogP contribution in [0.2, 0.25) is 10.0 Å². The van der Waals surface area contributed by atoms with Crippen molar-refractivity contribution in [1.29, 1.82) is 0 Å². The molecule has 0 aliphatic carbocycles. The quantitative estimate of drug-likeness (QED) is 0.460. The summed E-state index contributed by atoms with van der Waals surface area (Å²) in [5.74, 6) is 0.234. The minimum absolute atomic E-state index is 0.0296. The van der Waals surface area contributed by atoms with Crippen molar-refractivity contribution in [3.05, 3.63) is 50.8 Å². The predicted octanol–water partition coefficient (Wildman–Crippen LogP) is 4.68. The smallest absolute Gasteiger partial charge is 0.188 e. The van der Waals surface area contributed by atoms with Gasteiger partial charge < -0.3 is 0 Å². The first-order chi connectivity index (χ1) is 9.88.